The molecule has 2 aromatic carbocycles. The number of fused-ring (bicyclic) bond motifs is 3. The lowest BCUT2D eigenvalue weighted by Crippen LogP contribution is -2.43. The molecule has 5 rings (SSSR count). The molecule has 1 fully saturated rings. The summed E-state index contributed by atoms with van der Waals surface area (Å²) in [5.41, 5.74) is 1.70. The summed E-state index contributed by atoms with van der Waals surface area (Å²) in [6.45, 7) is 0.401. The normalized spacial score (nSPS) is 17.6. The number of rotatable bonds is 5. The highest BCUT2D eigenvalue weighted by molar-refractivity contribution is 8.00. The van der Waals surface area contributed by atoms with Crippen molar-refractivity contribution in [2.75, 3.05) is 24.7 Å². The number of halogens is 1. The quantitative estimate of drug-likeness (QED) is 0.378. The first kappa shape index (κ1) is 22.7. The van der Waals surface area contributed by atoms with Gasteiger partial charge in [0.15, 0.2) is 9.47 Å². The zero-order chi connectivity index (χ0) is 23.2. The van der Waals surface area contributed by atoms with E-state index in [1.165, 1.54) is 27.8 Å². The number of carbonyl (C=O) groups is 1. The van der Waals surface area contributed by atoms with Crippen LogP contribution in [0.3, 0.4) is 0 Å². The van der Waals surface area contributed by atoms with Gasteiger partial charge >= 0.3 is 0 Å². The molecule has 4 aromatic rings. The summed E-state index contributed by atoms with van der Waals surface area (Å²) in [5, 5.41) is 3.37. The van der Waals surface area contributed by atoms with E-state index in [4.69, 9.17) is 0 Å². The number of benzene rings is 2. The van der Waals surface area contributed by atoms with Crippen molar-refractivity contribution in [2.45, 2.75) is 22.1 Å². The van der Waals surface area contributed by atoms with Crippen molar-refractivity contribution in [2.24, 2.45) is 5.92 Å². The minimum Gasteiger partial charge on any atom is -0.302 e. The second kappa shape index (κ2) is 8.91. The molecule has 1 aliphatic rings. The Morgan fingerprint density at radius 3 is 2.55 bits per heavy atom. The minimum absolute atomic E-state index is 0.0225. The Bertz CT molecular complexity index is 1450. The summed E-state index contributed by atoms with van der Waals surface area (Å²) in [5.74, 6) is -1.24. The van der Waals surface area contributed by atoms with Gasteiger partial charge in [-0.2, -0.15) is 4.31 Å². The van der Waals surface area contributed by atoms with Crippen LogP contribution in [-0.2, 0) is 14.8 Å². The summed E-state index contributed by atoms with van der Waals surface area (Å²) in [6.07, 6.45) is 3.14. The molecule has 3 heterocycles. The average molecular weight is 523 g/mol. The van der Waals surface area contributed by atoms with Gasteiger partial charge in [0, 0.05) is 13.1 Å². The Kier molecular flexibility index (Phi) is 6.12. The fourth-order valence-corrected chi connectivity index (χ4v) is 8.02. The van der Waals surface area contributed by atoms with Crippen molar-refractivity contribution in [3.8, 4) is 0 Å². The number of amides is 1. The van der Waals surface area contributed by atoms with Gasteiger partial charge in [0.25, 0.3) is 0 Å². The SMILES string of the molecule is CSc1nc2ccc3nc(NC(=O)C4CCCN(S(=O)(=O)c5ccc(F)cc5)C4)sc3c2s1. The molecular weight excluding hydrogens is 504 g/mol. The van der Waals surface area contributed by atoms with Gasteiger partial charge in [-0.1, -0.05) is 23.1 Å². The van der Waals surface area contributed by atoms with Crippen LogP contribution in [0.25, 0.3) is 20.4 Å². The maximum atomic E-state index is 13.2. The van der Waals surface area contributed by atoms with Crippen molar-refractivity contribution in [3.05, 3.63) is 42.2 Å². The number of sulfonamides is 1. The van der Waals surface area contributed by atoms with E-state index in [2.05, 4.69) is 15.3 Å². The van der Waals surface area contributed by atoms with Crippen LogP contribution in [0.5, 0.6) is 0 Å². The van der Waals surface area contributed by atoms with Gasteiger partial charge in [0.05, 0.1) is 31.2 Å². The standard InChI is InChI=1S/C21H19FN4O3S4/c1-30-21-24-16-9-8-15-17(18(16)32-21)31-20(23-15)25-19(27)12-3-2-10-26(11-12)33(28,29)14-6-4-13(22)5-7-14/h4-9,12H,2-3,10-11H2,1H3,(H,23,25,27). The molecule has 1 saturated heterocycles. The van der Waals surface area contributed by atoms with E-state index >= 15 is 0 Å². The number of anilines is 1. The van der Waals surface area contributed by atoms with E-state index in [0.29, 0.717) is 24.5 Å². The predicted octanol–water partition coefficient (Wildman–Crippen LogP) is 4.81. The minimum atomic E-state index is -3.80. The highest BCUT2D eigenvalue weighted by Gasteiger charge is 2.33. The van der Waals surface area contributed by atoms with Crippen molar-refractivity contribution < 1.29 is 17.6 Å². The summed E-state index contributed by atoms with van der Waals surface area (Å²) in [4.78, 5) is 22.1. The van der Waals surface area contributed by atoms with Gasteiger partial charge in [-0.25, -0.2) is 22.8 Å². The molecule has 0 spiro atoms. The zero-order valence-corrected chi connectivity index (χ0v) is 20.7. The molecule has 12 heteroatoms. The third-order valence-electron chi connectivity index (χ3n) is 5.50. The van der Waals surface area contributed by atoms with Gasteiger partial charge in [0.1, 0.15) is 5.82 Å². The molecule has 1 aliphatic heterocycles. The van der Waals surface area contributed by atoms with Crippen LogP contribution in [0.15, 0.2) is 45.6 Å². The molecule has 172 valence electrons. The highest BCUT2D eigenvalue weighted by Crippen LogP contribution is 2.38. The molecule has 1 atom stereocenters. The van der Waals surface area contributed by atoms with Crippen molar-refractivity contribution in [1.82, 2.24) is 14.3 Å². The Morgan fingerprint density at radius 1 is 1.12 bits per heavy atom. The van der Waals surface area contributed by atoms with Crippen LogP contribution in [0.1, 0.15) is 12.8 Å². The molecule has 0 aliphatic carbocycles. The largest absolute Gasteiger partial charge is 0.302 e. The smallest absolute Gasteiger partial charge is 0.243 e. The fraction of sp³-hybridized carbons (Fsp3) is 0.286. The monoisotopic (exact) mass is 522 g/mol. The number of nitrogens with one attached hydrogen (secondary N) is 1. The maximum absolute atomic E-state index is 13.2. The number of aromatic nitrogens is 2. The Hall–Kier alpha value is -2.12. The second-order valence-corrected chi connectivity index (χ2v) is 12.6. The van der Waals surface area contributed by atoms with Gasteiger partial charge in [-0.05, 0) is 55.5 Å². The third-order valence-corrected chi connectivity index (χ3v) is 10.6. The zero-order valence-electron chi connectivity index (χ0n) is 17.4. The maximum Gasteiger partial charge on any atom is 0.243 e. The molecule has 0 bridgehead atoms. The lowest BCUT2D eigenvalue weighted by molar-refractivity contribution is -0.120. The Morgan fingerprint density at radius 2 is 1.82 bits per heavy atom. The van der Waals surface area contributed by atoms with Crippen molar-refractivity contribution >= 4 is 75.9 Å². The summed E-state index contributed by atoms with van der Waals surface area (Å²) < 4.78 is 43.4. The van der Waals surface area contributed by atoms with E-state index in [1.54, 1.807) is 23.1 Å². The van der Waals surface area contributed by atoms with E-state index in [-0.39, 0.29) is 17.3 Å². The van der Waals surface area contributed by atoms with E-state index in [0.717, 1.165) is 36.9 Å². The van der Waals surface area contributed by atoms with Crippen LogP contribution >= 0.6 is 34.4 Å². The van der Waals surface area contributed by atoms with Crippen molar-refractivity contribution in [1.29, 1.82) is 0 Å². The number of nitrogens with zero attached hydrogens (tertiary/aromatic N) is 3. The first-order valence-corrected chi connectivity index (χ1v) is 14.5. The van der Waals surface area contributed by atoms with E-state index in [9.17, 15) is 17.6 Å². The number of thioether (sulfide) groups is 1. The van der Waals surface area contributed by atoms with Crippen LogP contribution in [0.4, 0.5) is 9.52 Å². The summed E-state index contributed by atoms with van der Waals surface area (Å²) >= 11 is 4.59. The van der Waals surface area contributed by atoms with Crippen LogP contribution in [0, 0.1) is 11.7 Å². The lowest BCUT2D eigenvalue weighted by Gasteiger charge is -2.31. The van der Waals surface area contributed by atoms with Crippen LogP contribution < -0.4 is 5.32 Å². The number of thiazole rings is 2. The van der Waals surface area contributed by atoms with Gasteiger partial charge in [-0.3, -0.25) is 4.79 Å². The number of hydrogen-bond acceptors (Lipinski definition) is 8. The molecule has 0 radical (unpaired) electrons. The average Bonchev–Trinajstić information content (AvgIpc) is 3.42. The third kappa shape index (κ3) is 4.37. The van der Waals surface area contributed by atoms with E-state index in [1.807, 2.05) is 18.4 Å². The molecule has 1 unspecified atom stereocenters. The number of hydrogen-bond donors (Lipinski definition) is 1. The molecule has 1 N–H and O–H groups in total. The number of piperidine rings is 1. The molecule has 33 heavy (non-hydrogen) atoms. The number of carbonyl (C=O) groups excluding carboxylic acids is 1. The van der Waals surface area contributed by atoms with Crippen molar-refractivity contribution in [3.63, 3.8) is 0 Å². The van der Waals surface area contributed by atoms with Gasteiger partial charge in [-0.15, -0.1) is 11.3 Å². The first-order chi connectivity index (χ1) is 15.8. The predicted molar refractivity (Wildman–Crippen MR) is 131 cm³/mol. The fourth-order valence-electron chi connectivity index (χ4n) is 3.83. The molecule has 7 nitrogen and oxygen atoms in total. The second-order valence-electron chi connectivity index (χ2n) is 7.61. The molecular formula is C21H19FN4O3S4. The lowest BCUT2D eigenvalue weighted by atomic mass is 9.99. The van der Waals surface area contributed by atoms with Crippen LogP contribution in [0.2, 0.25) is 0 Å². The van der Waals surface area contributed by atoms with Crippen LogP contribution in [-0.4, -0.2) is 47.9 Å². The molecule has 1 amide bonds. The summed E-state index contributed by atoms with van der Waals surface area (Å²) in [6, 6.07) is 8.56. The first-order valence-electron chi connectivity index (χ1n) is 10.2. The molecule has 2 aromatic heterocycles. The topological polar surface area (TPSA) is 92.3 Å². The Labute approximate surface area is 202 Å². The van der Waals surface area contributed by atoms with Gasteiger partial charge in [0.2, 0.25) is 15.9 Å². The van der Waals surface area contributed by atoms with Gasteiger partial charge < -0.3 is 5.32 Å². The summed E-state index contributed by atoms with van der Waals surface area (Å²) in [7, 11) is -3.80. The highest BCUT2D eigenvalue weighted by atomic mass is 32.2. The van der Waals surface area contributed by atoms with E-state index < -0.39 is 21.8 Å². The Balaban J connectivity index is 1.34. The molecule has 0 saturated carbocycles.